The van der Waals surface area contributed by atoms with Gasteiger partial charge in [0, 0.05) is 64.3 Å². The highest BCUT2D eigenvalue weighted by Crippen LogP contribution is 2.27. The molecule has 1 N–H and O–H groups in total. The number of anilines is 1. The molecule has 2 heterocycles. The zero-order chi connectivity index (χ0) is 24.7. The minimum absolute atomic E-state index is 0.0831. The lowest BCUT2D eigenvalue weighted by molar-refractivity contribution is -0.115. The number of carbonyl (C=O) groups is 2. The monoisotopic (exact) mass is 468 g/mol. The molecule has 1 aliphatic rings. The Hall–Kier alpha value is -2.97. The van der Waals surface area contributed by atoms with Gasteiger partial charge in [-0.2, -0.15) is 0 Å². The van der Waals surface area contributed by atoms with Crippen LogP contribution in [0.2, 0.25) is 0 Å². The number of fused-ring (bicyclic) bond motifs is 1. The summed E-state index contributed by atoms with van der Waals surface area (Å²) >= 11 is 0. The van der Waals surface area contributed by atoms with Gasteiger partial charge in [-0.05, 0) is 42.7 Å². The molecule has 2 aromatic rings. The number of methoxy groups -OCH3 is 1. The number of nitrogens with zero attached hydrogens (tertiary/aromatic N) is 3. The minimum Gasteiger partial charge on any atom is -0.491 e. The van der Waals surface area contributed by atoms with E-state index in [1.165, 1.54) is 0 Å². The summed E-state index contributed by atoms with van der Waals surface area (Å²) in [6.07, 6.45) is 3.89. The number of aromatic nitrogens is 1. The van der Waals surface area contributed by atoms with E-state index in [0.29, 0.717) is 36.6 Å². The van der Waals surface area contributed by atoms with Crippen molar-refractivity contribution in [3.05, 3.63) is 53.9 Å². The molecule has 0 radical (unpaired) electrons. The second kappa shape index (κ2) is 11.9. The van der Waals surface area contributed by atoms with Crippen LogP contribution in [-0.4, -0.2) is 72.6 Å². The molecule has 3 atom stereocenters. The Morgan fingerprint density at radius 1 is 1.26 bits per heavy atom. The molecule has 0 fully saturated rings. The Morgan fingerprint density at radius 3 is 2.74 bits per heavy atom. The topological polar surface area (TPSA) is 84.0 Å². The first-order chi connectivity index (χ1) is 16.3. The summed E-state index contributed by atoms with van der Waals surface area (Å²) in [7, 11) is 3.46. The number of carbonyl (C=O) groups excluding carboxylic acids is 2. The molecule has 0 saturated heterocycles. The molecule has 3 rings (SSSR count). The zero-order valence-corrected chi connectivity index (χ0v) is 20.8. The van der Waals surface area contributed by atoms with Gasteiger partial charge in [-0.15, -0.1) is 0 Å². The summed E-state index contributed by atoms with van der Waals surface area (Å²) < 4.78 is 12.0. The van der Waals surface area contributed by atoms with Crippen LogP contribution in [0.15, 0.2) is 42.7 Å². The van der Waals surface area contributed by atoms with Gasteiger partial charge in [-0.3, -0.25) is 19.5 Å². The third-order valence-corrected chi connectivity index (χ3v) is 6.29. The molecular weight excluding hydrogens is 432 g/mol. The molecule has 8 nitrogen and oxygen atoms in total. The Kier molecular flexibility index (Phi) is 9.01. The molecule has 1 aliphatic heterocycles. The van der Waals surface area contributed by atoms with E-state index in [9.17, 15) is 9.59 Å². The summed E-state index contributed by atoms with van der Waals surface area (Å²) in [6.45, 7) is 8.44. The van der Waals surface area contributed by atoms with Crippen molar-refractivity contribution in [3.63, 3.8) is 0 Å². The zero-order valence-electron chi connectivity index (χ0n) is 20.8. The van der Waals surface area contributed by atoms with Crippen LogP contribution in [0.3, 0.4) is 0 Å². The number of benzene rings is 1. The first-order valence-electron chi connectivity index (χ1n) is 11.8. The largest absolute Gasteiger partial charge is 0.491 e. The molecule has 8 heteroatoms. The third kappa shape index (κ3) is 6.55. The maximum Gasteiger partial charge on any atom is 0.257 e. The number of rotatable bonds is 5. The van der Waals surface area contributed by atoms with Crippen LogP contribution >= 0.6 is 0 Å². The first kappa shape index (κ1) is 25.6. The van der Waals surface area contributed by atoms with Gasteiger partial charge in [0.25, 0.3) is 5.91 Å². The average Bonchev–Trinajstić information content (AvgIpc) is 2.85. The van der Waals surface area contributed by atoms with Crippen LogP contribution < -0.4 is 10.1 Å². The molecule has 0 bridgehead atoms. The summed E-state index contributed by atoms with van der Waals surface area (Å²) in [5.74, 6) is 0.399. The van der Waals surface area contributed by atoms with E-state index in [2.05, 4.69) is 35.1 Å². The second-order valence-electron chi connectivity index (χ2n) is 9.00. The molecule has 0 aliphatic carbocycles. The molecule has 2 amide bonds. The predicted molar refractivity (Wildman–Crippen MR) is 132 cm³/mol. The highest BCUT2D eigenvalue weighted by Gasteiger charge is 2.28. The van der Waals surface area contributed by atoms with Crippen LogP contribution in [0, 0.1) is 5.92 Å². The van der Waals surface area contributed by atoms with Crippen LogP contribution in [0.25, 0.3) is 0 Å². The lowest BCUT2D eigenvalue weighted by Crippen LogP contribution is -2.46. The lowest BCUT2D eigenvalue weighted by Gasteiger charge is -2.36. The van der Waals surface area contributed by atoms with Crippen LogP contribution in [-0.2, 0) is 16.1 Å². The fourth-order valence-corrected chi connectivity index (χ4v) is 4.13. The number of pyridine rings is 1. The van der Waals surface area contributed by atoms with Gasteiger partial charge in [-0.1, -0.05) is 19.9 Å². The van der Waals surface area contributed by atoms with E-state index in [0.717, 1.165) is 18.7 Å². The van der Waals surface area contributed by atoms with Gasteiger partial charge in [0.2, 0.25) is 5.91 Å². The number of likely N-dealkylation sites (N-methyl/N-ethyl adjacent to an activating group) is 1. The fraction of sp³-hybridized carbons (Fsp3) is 0.500. The van der Waals surface area contributed by atoms with E-state index in [-0.39, 0.29) is 29.9 Å². The summed E-state index contributed by atoms with van der Waals surface area (Å²) in [4.78, 5) is 33.5. The SMILES string of the molecule is CCC(=O)Nc1ccc2c(c1)C(=O)N(C)C[C@H](OC)[C@H](C)CN(Cc1cccnc1)[C@@H](C)CO2. The van der Waals surface area contributed by atoms with Crippen LogP contribution in [0.4, 0.5) is 5.69 Å². The maximum atomic E-state index is 13.4. The van der Waals surface area contributed by atoms with Crippen molar-refractivity contribution >= 4 is 17.5 Å². The molecule has 0 spiro atoms. The summed E-state index contributed by atoms with van der Waals surface area (Å²) in [6, 6.07) is 9.32. The molecule has 0 unspecified atom stereocenters. The number of hydrogen-bond acceptors (Lipinski definition) is 6. The molecule has 184 valence electrons. The standard InChI is InChI=1S/C26H36N4O4/c1-6-25(31)28-21-9-10-23-22(12-21)26(32)29(4)16-24(33-5)18(2)14-30(19(3)17-34-23)15-20-8-7-11-27-13-20/h7-13,18-19,24H,6,14-17H2,1-5H3,(H,28,31)/t18-,19+,24+/m1/s1. The molecule has 1 aromatic carbocycles. The minimum atomic E-state index is -0.169. The van der Waals surface area contributed by atoms with Crippen LogP contribution in [0.5, 0.6) is 5.75 Å². The second-order valence-corrected chi connectivity index (χ2v) is 9.00. The van der Waals surface area contributed by atoms with Crippen LogP contribution in [0.1, 0.15) is 43.1 Å². The number of ether oxygens (including phenoxy) is 2. The summed E-state index contributed by atoms with van der Waals surface area (Å²) in [5, 5.41) is 2.83. The smallest absolute Gasteiger partial charge is 0.257 e. The van der Waals surface area contributed by atoms with Crippen molar-refractivity contribution in [1.82, 2.24) is 14.8 Å². The van der Waals surface area contributed by atoms with Gasteiger partial charge in [0.1, 0.15) is 12.4 Å². The molecule has 1 aromatic heterocycles. The predicted octanol–water partition coefficient (Wildman–Crippen LogP) is 3.44. The number of nitrogens with one attached hydrogen (secondary N) is 1. The molecular formula is C26H36N4O4. The Bertz CT molecular complexity index is 969. The highest BCUT2D eigenvalue weighted by atomic mass is 16.5. The summed E-state index contributed by atoms with van der Waals surface area (Å²) in [5.41, 5.74) is 2.13. The van der Waals surface area contributed by atoms with Crippen molar-refractivity contribution in [3.8, 4) is 5.75 Å². The Labute approximate surface area is 202 Å². The number of hydrogen-bond donors (Lipinski definition) is 1. The van der Waals surface area contributed by atoms with Gasteiger partial charge < -0.3 is 19.7 Å². The van der Waals surface area contributed by atoms with Crippen molar-refractivity contribution in [2.75, 3.05) is 39.2 Å². The number of amides is 2. The Balaban J connectivity index is 1.93. The van der Waals surface area contributed by atoms with Crippen molar-refractivity contribution in [2.45, 2.75) is 45.9 Å². The van der Waals surface area contributed by atoms with E-state index in [1.807, 2.05) is 12.3 Å². The third-order valence-electron chi connectivity index (χ3n) is 6.29. The lowest BCUT2D eigenvalue weighted by atomic mass is 10.0. The first-order valence-corrected chi connectivity index (χ1v) is 11.8. The molecule has 34 heavy (non-hydrogen) atoms. The van der Waals surface area contributed by atoms with Gasteiger partial charge >= 0.3 is 0 Å². The fourth-order valence-electron chi connectivity index (χ4n) is 4.13. The van der Waals surface area contributed by atoms with E-state index in [4.69, 9.17) is 9.47 Å². The normalized spacial score (nSPS) is 22.2. The average molecular weight is 469 g/mol. The maximum absolute atomic E-state index is 13.4. The highest BCUT2D eigenvalue weighted by molar-refractivity contribution is 5.99. The Morgan fingerprint density at radius 2 is 2.06 bits per heavy atom. The van der Waals surface area contributed by atoms with Crippen molar-refractivity contribution in [2.24, 2.45) is 5.92 Å². The van der Waals surface area contributed by atoms with Gasteiger partial charge in [0.05, 0.1) is 11.7 Å². The van der Waals surface area contributed by atoms with Gasteiger partial charge in [-0.25, -0.2) is 0 Å². The quantitative estimate of drug-likeness (QED) is 0.724. The van der Waals surface area contributed by atoms with Gasteiger partial charge in [0.15, 0.2) is 0 Å². The van der Waals surface area contributed by atoms with E-state index in [1.54, 1.807) is 50.4 Å². The molecule has 0 saturated carbocycles. The van der Waals surface area contributed by atoms with Crippen molar-refractivity contribution in [1.29, 1.82) is 0 Å². The van der Waals surface area contributed by atoms with E-state index >= 15 is 0 Å². The van der Waals surface area contributed by atoms with E-state index < -0.39 is 0 Å². The van der Waals surface area contributed by atoms with Crippen molar-refractivity contribution < 1.29 is 19.1 Å².